The molecule has 29 heavy (non-hydrogen) atoms. The second-order valence-corrected chi connectivity index (χ2v) is 7.15. The Morgan fingerprint density at radius 2 is 1.69 bits per heavy atom. The molecule has 0 aliphatic carbocycles. The van der Waals surface area contributed by atoms with E-state index in [0.29, 0.717) is 16.9 Å². The molecule has 0 unspecified atom stereocenters. The maximum Gasteiger partial charge on any atom is 0.257 e. The quantitative estimate of drug-likeness (QED) is 0.628. The molecule has 2 aromatic carbocycles. The van der Waals surface area contributed by atoms with Gasteiger partial charge in [0.25, 0.3) is 5.91 Å². The Morgan fingerprint density at radius 3 is 2.45 bits per heavy atom. The first kappa shape index (κ1) is 18.9. The molecule has 148 valence electrons. The summed E-state index contributed by atoms with van der Waals surface area (Å²) in [6, 6.07) is 15.8. The number of hydrogen-bond donors (Lipinski definition) is 2. The largest absolute Gasteiger partial charge is 0.372 e. The van der Waals surface area contributed by atoms with Crippen LogP contribution >= 0.6 is 0 Å². The normalized spacial score (nSPS) is 13.8. The number of nitrogens with zero attached hydrogens (tertiary/aromatic N) is 2. The molecule has 4 rings (SSSR count). The van der Waals surface area contributed by atoms with Gasteiger partial charge in [0.1, 0.15) is 5.82 Å². The van der Waals surface area contributed by atoms with E-state index in [4.69, 9.17) is 0 Å². The molecular formula is C23H23FN4O. The molecule has 0 radical (unpaired) electrons. The number of anilines is 4. The summed E-state index contributed by atoms with van der Waals surface area (Å²) >= 11 is 0. The number of carbonyl (C=O) groups is 1. The minimum Gasteiger partial charge on any atom is -0.372 e. The Kier molecular flexibility index (Phi) is 5.70. The van der Waals surface area contributed by atoms with E-state index in [1.54, 1.807) is 24.4 Å². The lowest BCUT2D eigenvalue weighted by Gasteiger charge is -2.28. The molecule has 3 aromatic rings. The first-order chi connectivity index (χ1) is 14.2. The Labute approximate surface area is 169 Å². The SMILES string of the molecule is O=C(Nc1ccc(N2CCCCC2)cc1)c1cncc(Nc2cccc(F)c2)c1. The topological polar surface area (TPSA) is 57.3 Å². The van der Waals surface area contributed by atoms with Crippen molar-refractivity contribution in [1.82, 2.24) is 4.98 Å². The molecule has 1 aliphatic rings. The monoisotopic (exact) mass is 390 g/mol. The van der Waals surface area contributed by atoms with Crippen LogP contribution in [-0.2, 0) is 0 Å². The van der Waals surface area contributed by atoms with Gasteiger partial charge in [-0.05, 0) is 67.8 Å². The van der Waals surface area contributed by atoms with E-state index >= 15 is 0 Å². The molecule has 0 spiro atoms. The fourth-order valence-corrected chi connectivity index (χ4v) is 3.48. The first-order valence-electron chi connectivity index (χ1n) is 9.81. The van der Waals surface area contributed by atoms with Gasteiger partial charge in [-0.3, -0.25) is 9.78 Å². The minimum atomic E-state index is -0.329. The van der Waals surface area contributed by atoms with Crippen molar-refractivity contribution in [3.05, 3.63) is 78.4 Å². The highest BCUT2D eigenvalue weighted by Crippen LogP contribution is 2.23. The van der Waals surface area contributed by atoms with Crippen molar-refractivity contribution < 1.29 is 9.18 Å². The smallest absolute Gasteiger partial charge is 0.257 e. The van der Waals surface area contributed by atoms with Crippen LogP contribution in [0.1, 0.15) is 29.6 Å². The lowest BCUT2D eigenvalue weighted by Crippen LogP contribution is -2.29. The molecule has 1 saturated heterocycles. The van der Waals surface area contributed by atoms with E-state index < -0.39 is 0 Å². The fraction of sp³-hybridized carbons (Fsp3) is 0.217. The molecule has 6 heteroatoms. The third-order valence-electron chi connectivity index (χ3n) is 4.96. The number of rotatable bonds is 5. The van der Waals surface area contributed by atoms with Crippen molar-refractivity contribution in [3.63, 3.8) is 0 Å². The van der Waals surface area contributed by atoms with Gasteiger partial charge < -0.3 is 15.5 Å². The van der Waals surface area contributed by atoms with Gasteiger partial charge >= 0.3 is 0 Å². The Morgan fingerprint density at radius 1 is 0.897 bits per heavy atom. The van der Waals surface area contributed by atoms with Crippen molar-refractivity contribution >= 4 is 28.7 Å². The predicted molar refractivity (Wildman–Crippen MR) is 114 cm³/mol. The number of halogens is 1. The van der Waals surface area contributed by atoms with Crippen molar-refractivity contribution in [2.45, 2.75) is 19.3 Å². The fourth-order valence-electron chi connectivity index (χ4n) is 3.48. The highest BCUT2D eigenvalue weighted by molar-refractivity contribution is 6.04. The van der Waals surface area contributed by atoms with E-state index in [9.17, 15) is 9.18 Å². The summed E-state index contributed by atoms with van der Waals surface area (Å²) in [4.78, 5) is 19.1. The number of carbonyl (C=O) groups excluding carboxylic acids is 1. The van der Waals surface area contributed by atoms with Crippen molar-refractivity contribution in [2.75, 3.05) is 28.6 Å². The second kappa shape index (κ2) is 8.73. The highest BCUT2D eigenvalue weighted by atomic mass is 19.1. The number of aromatic nitrogens is 1. The van der Waals surface area contributed by atoms with Crippen LogP contribution in [0.3, 0.4) is 0 Å². The first-order valence-corrected chi connectivity index (χ1v) is 9.81. The van der Waals surface area contributed by atoms with E-state index in [0.717, 1.165) is 18.8 Å². The Hall–Kier alpha value is -3.41. The number of amides is 1. The van der Waals surface area contributed by atoms with Crippen LogP contribution < -0.4 is 15.5 Å². The van der Waals surface area contributed by atoms with Crippen molar-refractivity contribution in [1.29, 1.82) is 0 Å². The average Bonchev–Trinajstić information content (AvgIpc) is 2.75. The molecule has 5 nitrogen and oxygen atoms in total. The number of benzene rings is 2. The maximum atomic E-state index is 13.3. The summed E-state index contributed by atoms with van der Waals surface area (Å²) in [5.41, 5.74) is 3.55. The van der Waals surface area contributed by atoms with Gasteiger partial charge in [-0.25, -0.2) is 4.39 Å². The van der Waals surface area contributed by atoms with Crippen molar-refractivity contribution in [3.8, 4) is 0 Å². The summed E-state index contributed by atoms with van der Waals surface area (Å²) in [5, 5.41) is 5.96. The second-order valence-electron chi connectivity index (χ2n) is 7.15. The third kappa shape index (κ3) is 4.90. The lowest BCUT2D eigenvalue weighted by molar-refractivity contribution is 0.102. The van der Waals surface area contributed by atoms with Gasteiger partial charge in [-0.2, -0.15) is 0 Å². The van der Waals surface area contributed by atoms with Crippen LogP contribution in [0.25, 0.3) is 0 Å². The summed E-state index contributed by atoms with van der Waals surface area (Å²) in [6.45, 7) is 2.17. The van der Waals surface area contributed by atoms with Gasteiger partial charge in [0.05, 0.1) is 17.4 Å². The Bertz CT molecular complexity index is 984. The standard InChI is InChI=1S/C23H23FN4O/c24-18-5-4-6-20(14-18)26-21-13-17(15-25-16-21)23(29)27-19-7-9-22(10-8-19)28-11-2-1-3-12-28/h4-10,13-16,26H,1-3,11-12H2,(H,27,29). The zero-order chi connectivity index (χ0) is 20.1. The molecular weight excluding hydrogens is 367 g/mol. The van der Waals surface area contributed by atoms with Crippen LogP contribution in [0.2, 0.25) is 0 Å². The summed E-state index contributed by atoms with van der Waals surface area (Å²) in [5.74, 6) is -0.573. The highest BCUT2D eigenvalue weighted by Gasteiger charge is 2.12. The average molecular weight is 390 g/mol. The maximum absolute atomic E-state index is 13.3. The van der Waals surface area contributed by atoms with Crippen molar-refractivity contribution in [2.24, 2.45) is 0 Å². The van der Waals surface area contributed by atoms with E-state index in [-0.39, 0.29) is 11.7 Å². The molecule has 2 heterocycles. The van der Waals surface area contributed by atoms with E-state index in [1.165, 1.54) is 43.3 Å². The molecule has 2 N–H and O–H groups in total. The third-order valence-corrected chi connectivity index (χ3v) is 4.96. The van der Waals surface area contributed by atoms with Crippen LogP contribution in [0.5, 0.6) is 0 Å². The molecule has 1 aromatic heterocycles. The molecule has 0 atom stereocenters. The Balaban J connectivity index is 1.41. The number of pyridine rings is 1. The molecule has 1 aliphatic heterocycles. The lowest BCUT2D eigenvalue weighted by atomic mass is 10.1. The number of piperidine rings is 1. The minimum absolute atomic E-state index is 0.244. The molecule has 1 fully saturated rings. The van der Waals surface area contributed by atoms with Crippen LogP contribution in [0.15, 0.2) is 67.0 Å². The number of hydrogen-bond acceptors (Lipinski definition) is 4. The summed E-state index contributed by atoms with van der Waals surface area (Å²) in [6.07, 6.45) is 6.85. The molecule has 0 saturated carbocycles. The van der Waals surface area contributed by atoms with Gasteiger partial charge in [-0.15, -0.1) is 0 Å². The summed E-state index contributed by atoms with van der Waals surface area (Å²) in [7, 11) is 0. The van der Waals surface area contributed by atoms with Crippen LogP contribution in [-0.4, -0.2) is 24.0 Å². The van der Waals surface area contributed by atoms with Gasteiger partial charge in [-0.1, -0.05) is 6.07 Å². The van der Waals surface area contributed by atoms with Gasteiger partial charge in [0.15, 0.2) is 0 Å². The molecule has 1 amide bonds. The van der Waals surface area contributed by atoms with E-state index in [1.807, 2.05) is 24.3 Å². The van der Waals surface area contributed by atoms with Crippen LogP contribution in [0, 0.1) is 5.82 Å². The van der Waals surface area contributed by atoms with E-state index in [2.05, 4.69) is 20.5 Å². The summed E-state index contributed by atoms with van der Waals surface area (Å²) < 4.78 is 13.3. The number of nitrogens with one attached hydrogen (secondary N) is 2. The predicted octanol–water partition coefficient (Wildman–Crippen LogP) is 5.21. The molecule has 0 bridgehead atoms. The van der Waals surface area contributed by atoms with Gasteiger partial charge in [0.2, 0.25) is 0 Å². The van der Waals surface area contributed by atoms with Gasteiger partial charge in [0, 0.05) is 36.3 Å². The van der Waals surface area contributed by atoms with Crippen LogP contribution in [0.4, 0.5) is 27.1 Å². The zero-order valence-corrected chi connectivity index (χ0v) is 16.1. The zero-order valence-electron chi connectivity index (χ0n) is 16.1.